The Morgan fingerprint density at radius 1 is 1.47 bits per heavy atom. The first-order valence-electron chi connectivity index (χ1n) is 5.37. The van der Waals surface area contributed by atoms with Crippen LogP contribution < -0.4 is 5.32 Å². The summed E-state index contributed by atoms with van der Waals surface area (Å²) in [6, 6.07) is 3.59. The van der Waals surface area contributed by atoms with E-state index in [2.05, 4.69) is 10.3 Å². The molecule has 1 N–H and O–H groups in total. The first kappa shape index (κ1) is 11.4. The van der Waals surface area contributed by atoms with Gasteiger partial charge in [-0.05, 0) is 19.1 Å². The molecule has 0 bridgehead atoms. The van der Waals surface area contributed by atoms with Gasteiger partial charge in [-0.15, -0.1) is 0 Å². The van der Waals surface area contributed by atoms with E-state index in [0.717, 1.165) is 11.5 Å². The summed E-state index contributed by atoms with van der Waals surface area (Å²) in [5.41, 5.74) is 0.760. The topological polar surface area (TPSA) is 68.3 Å². The fourth-order valence-corrected chi connectivity index (χ4v) is 1.54. The van der Waals surface area contributed by atoms with Gasteiger partial charge in [0, 0.05) is 6.92 Å². The molecule has 0 unspecified atom stereocenters. The maximum absolute atomic E-state index is 11.6. The maximum Gasteiger partial charge on any atom is 0.228 e. The number of aryl methyl sites for hydroxylation is 2. The van der Waals surface area contributed by atoms with Gasteiger partial charge in [0.1, 0.15) is 11.5 Å². The number of carbonyl (C=O) groups is 1. The number of rotatable bonds is 4. The van der Waals surface area contributed by atoms with Crippen LogP contribution in [0.1, 0.15) is 23.1 Å². The summed E-state index contributed by atoms with van der Waals surface area (Å²) in [6.07, 6.45) is 1.78. The van der Waals surface area contributed by atoms with Crippen LogP contribution in [0.15, 0.2) is 27.2 Å². The Bertz CT molecular complexity index is 500. The molecule has 17 heavy (non-hydrogen) atoms. The number of nitrogens with one attached hydrogen (secondary N) is 1. The number of hydrogen-bond acceptors (Lipinski definition) is 4. The van der Waals surface area contributed by atoms with E-state index >= 15 is 0 Å². The molecule has 2 aromatic heterocycles. The Hall–Kier alpha value is -2.04. The van der Waals surface area contributed by atoms with Crippen molar-refractivity contribution in [3.8, 4) is 0 Å². The molecule has 0 aliphatic heterocycles. The van der Waals surface area contributed by atoms with Gasteiger partial charge in [-0.25, -0.2) is 4.98 Å². The molecule has 2 rings (SSSR count). The van der Waals surface area contributed by atoms with Gasteiger partial charge in [-0.3, -0.25) is 4.79 Å². The van der Waals surface area contributed by atoms with Gasteiger partial charge >= 0.3 is 0 Å². The molecular formula is C12H14N2O3. The molecular weight excluding hydrogens is 220 g/mol. The smallest absolute Gasteiger partial charge is 0.228 e. The number of nitrogens with zero attached hydrogens (tertiary/aromatic N) is 1. The quantitative estimate of drug-likeness (QED) is 0.874. The van der Waals surface area contributed by atoms with Crippen molar-refractivity contribution in [2.24, 2.45) is 0 Å². The summed E-state index contributed by atoms with van der Waals surface area (Å²) >= 11 is 0. The highest BCUT2D eigenvalue weighted by atomic mass is 16.4. The predicted octanol–water partition coefficient (Wildman–Crippen LogP) is 1.74. The van der Waals surface area contributed by atoms with Gasteiger partial charge in [0.25, 0.3) is 0 Å². The largest absolute Gasteiger partial charge is 0.467 e. The van der Waals surface area contributed by atoms with E-state index in [1.807, 2.05) is 13.0 Å². The highest BCUT2D eigenvalue weighted by Crippen LogP contribution is 2.09. The zero-order chi connectivity index (χ0) is 12.3. The highest BCUT2D eigenvalue weighted by molar-refractivity contribution is 5.78. The molecule has 0 aliphatic rings. The lowest BCUT2D eigenvalue weighted by molar-refractivity contribution is -0.120. The second kappa shape index (κ2) is 4.86. The molecule has 90 valence electrons. The summed E-state index contributed by atoms with van der Waals surface area (Å²) in [4.78, 5) is 15.7. The highest BCUT2D eigenvalue weighted by Gasteiger charge is 2.11. The summed E-state index contributed by atoms with van der Waals surface area (Å²) in [7, 11) is 0. The van der Waals surface area contributed by atoms with Gasteiger partial charge in [-0.1, -0.05) is 0 Å². The Morgan fingerprint density at radius 2 is 2.29 bits per heavy atom. The lowest BCUT2D eigenvalue weighted by Gasteiger charge is -2.01. The fraction of sp³-hybridized carbons (Fsp3) is 0.333. The molecule has 0 fully saturated rings. The standard InChI is InChI=1S/C12H14N2O3/c1-8-11(17-9(2)14-8)6-12(15)13-7-10-4-3-5-16-10/h3-5H,6-7H2,1-2H3,(H,13,15). The summed E-state index contributed by atoms with van der Waals surface area (Å²) < 4.78 is 10.4. The molecule has 0 saturated carbocycles. The number of hydrogen-bond donors (Lipinski definition) is 1. The van der Waals surface area contributed by atoms with Gasteiger partial charge in [-0.2, -0.15) is 0 Å². The van der Waals surface area contributed by atoms with Gasteiger partial charge < -0.3 is 14.2 Å². The third-order valence-corrected chi connectivity index (χ3v) is 2.36. The predicted molar refractivity (Wildman–Crippen MR) is 60.2 cm³/mol. The second-order valence-corrected chi connectivity index (χ2v) is 3.77. The number of carbonyl (C=O) groups excluding carboxylic acids is 1. The average Bonchev–Trinajstić information content (AvgIpc) is 2.87. The monoisotopic (exact) mass is 234 g/mol. The minimum absolute atomic E-state index is 0.111. The molecule has 0 atom stereocenters. The molecule has 2 heterocycles. The lowest BCUT2D eigenvalue weighted by atomic mass is 10.2. The number of furan rings is 1. The van der Waals surface area contributed by atoms with E-state index in [-0.39, 0.29) is 12.3 Å². The van der Waals surface area contributed by atoms with Crippen LogP contribution in [0.5, 0.6) is 0 Å². The second-order valence-electron chi connectivity index (χ2n) is 3.77. The van der Waals surface area contributed by atoms with E-state index in [0.29, 0.717) is 18.2 Å². The molecule has 0 aromatic carbocycles. The van der Waals surface area contributed by atoms with Crippen LogP contribution >= 0.6 is 0 Å². The molecule has 5 nitrogen and oxygen atoms in total. The van der Waals surface area contributed by atoms with Crippen LogP contribution in [0.4, 0.5) is 0 Å². The minimum atomic E-state index is -0.111. The first-order chi connectivity index (χ1) is 8.15. The van der Waals surface area contributed by atoms with E-state index in [4.69, 9.17) is 8.83 Å². The molecule has 0 aliphatic carbocycles. The average molecular weight is 234 g/mol. The molecule has 1 amide bonds. The number of oxazole rings is 1. The SMILES string of the molecule is Cc1nc(C)c(CC(=O)NCc2ccco2)o1. The van der Waals surface area contributed by atoms with Gasteiger partial charge in [0.2, 0.25) is 5.91 Å². The van der Waals surface area contributed by atoms with Gasteiger partial charge in [0.15, 0.2) is 5.89 Å². The zero-order valence-corrected chi connectivity index (χ0v) is 9.82. The normalized spacial score (nSPS) is 10.5. The van der Waals surface area contributed by atoms with Crippen LogP contribution in [0.25, 0.3) is 0 Å². The van der Waals surface area contributed by atoms with E-state index in [1.54, 1.807) is 19.3 Å². The van der Waals surface area contributed by atoms with Crippen LogP contribution in [-0.2, 0) is 17.8 Å². The van der Waals surface area contributed by atoms with Crippen molar-refractivity contribution in [2.75, 3.05) is 0 Å². The Balaban J connectivity index is 1.87. The summed E-state index contributed by atoms with van der Waals surface area (Å²) in [5, 5.41) is 2.75. The Labute approximate surface area is 98.8 Å². The van der Waals surface area contributed by atoms with Crippen molar-refractivity contribution in [2.45, 2.75) is 26.8 Å². The summed E-state index contributed by atoms with van der Waals surface area (Å²) in [5.74, 6) is 1.81. The molecule has 0 saturated heterocycles. The Kier molecular flexibility index (Phi) is 3.27. The minimum Gasteiger partial charge on any atom is -0.467 e. The van der Waals surface area contributed by atoms with Crippen molar-refractivity contribution < 1.29 is 13.6 Å². The van der Waals surface area contributed by atoms with E-state index in [9.17, 15) is 4.79 Å². The van der Waals surface area contributed by atoms with Crippen molar-refractivity contribution in [3.63, 3.8) is 0 Å². The third-order valence-electron chi connectivity index (χ3n) is 2.36. The van der Waals surface area contributed by atoms with Crippen molar-refractivity contribution >= 4 is 5.91 Å². The van der Waals surface area contributed by atoms with Crippen molar-refractivity contribution in [1.29, 1.82) is 0 Å². The summed E-state index contributed by atoms with van der Waals surface area (Å²) in [6.45, 7) is 3.97. The van der Waals surface area contributed by atoms with Crippen LogP contribution in [0.3, 0.4) is 0 Å². The molecule has 5 heteroatoms. The van der Waals surface area contributed by atoms with Crippen LogP contribution in [-0.4, -0.2) is 10.9 Å². The Morgan fingerprint density at radius 3 is 2.88 bits per heavy atom. The molecule has 2 aromatic rings. The first-order valence-corrected chi connectivity index (χ1v) is 5.37. The van der Waals surface area contributed by atoms with Crippen molar-refractivity contribution in [1.82, 2.24) is 10.3 Å². The van der Waals surface area contributed by atoms with E-state index < -0.39 is 0 Å². The van der Waals surface area contributed by atoms with Crippen molar-refractivity contribution in [3.05, 3.63) is 41.5 Å². The maximum atomic E-state index is 11.6. The molecule has 0 radical (unpaired) electrons. The van der Waals surface area contributed by atoms with E-state index in [1.165, 1.54) is 0 Å². The van der Waals surface area contributed by atoms with Crippen LogP contribution in [0, 0.1) is 13.8 Å². The third kappa shape index (κ3) is 2.96. The van der Waals surface area contributed by atoms with Gasteiger partial charge in [0.05, 0.1) is 24.9 Å². The zero-order valence-electron chi connectivity index (χ0n) is 9.82. The molecule has 0 spiro atoms. The number of aromatic nitrogens is 1. The number of amides is 1. The van der Waals surface area contributed by atoms with Crippen LogP contribution in [0.2, 0.25) is 0 Å². The fourth-order valence-electron chi connectivity index (χ4n) is 1.54. The lowest BCUT2D eigenvalue weighted by Crippen LogP contribution is -2.24.